The van der Waals surface area contributed by atoms with Crippen LogP contribution in [0.4, 0.5) is 0 Å². The Morgan fingerprint density at radius 2 is 1.56 bits per heavy atom. The molecular formula is C31H45NO6Si. The normalized spacial score (nSPS) is 19.8. The molecule has 1 heterocycles. The van der Waals surface area contributed by atoms with Gasteiger partial charge in [0.25, 0.3) is 0 Å². The fourth-order valence-corrected chi connectivity index (χ4v) is 6.04. The third-order valence-electron chi connectivity index (χ3n) is 7.67. The van der Waals surface area contributed by atoms with E-state index in [-0.39, 0.29) is 29.3 Å². The molecule has 1 aliphatic heterocycles. The first-order chi connectivity index (χ1) is 18.0. The zero-order valence-corrected chi connectivity index (χ0v) is 25.7. The van der Waals surface area contributed by atoms with E-state index < -0.39 is 31.5 Å². The third kappa shape index (κ3) is 7.93. The van der Waals surface area contributed by atoms with Crippen LogP contribution in [0.5, 0.6) is 5.75 Å². The zero-order chi connectivity index (χ0) is 29.1. The minimum Gasteiger partial charge on any atom is -0.490 e. The highest BCUT2D eigenvalue weighted by molar-refractivity contribution is 6.74. The molecule has 3 rings (SSSR count). The van der Waals surface area contributed by atoms with E-state index in [4.69, 9.17) is 13.9 Å². The first-order valence-corrected chi connectivity index (χ1v) is 16.6. The van der Waals surface area contributed by atoms with Gasteiger partial charge in [-0.3, -0.25) is 0 Å². The smallest absolute Gasteiger partial charge is 0.343 e. The van der Waals surface area contributed by atoms with Crippen molar-refractivity contribution in [1.29, 1.82) is 0 Å². The van der Waals surface area contributed by atoms with E-state index in [1.165, 1.54) is 0 Å². The Hall–Kier alpha value is -2.68. The SMILES string of the molecule is CC(C)(C)OC(=O)[C@](COc1ccccc1)(O[Si](C)(C)C(C)(C)C)[C@H]1CC[C@@H](Cc2ccc(C(=O)O)cc2)N1. The monoisotopic (exact) mass is 555 g/mol. The van der Waals surface area contributed by atoms with E-state index in [1.807, 2.05) is 63.2 Å². The molecule has 2 N–H and O–H groups in total. The van der Waals surface area contributed by atoms with Crippen LogP contribution in [0.3, 0.4) is 0 Å². The summed E-state index contributed by atoms with van der Waals surface area (Å²) in [4.78, 5) is 25.4. The highest BCUT2D eigenvalue weighted by atomic mass is 28.4. The van der Waals surface area contributed by atoms with Crippen LogP contribution in [0.1, 0.15) is 70.3 Å². The first kappa shape index (κ1) is 30.9. The molecule has 2 aromatic rings. The van der Waals surface area contributed by atoms with Crippen LogP contribution in [0.15, 0.2) is 54.6 Å². The number of hydrogen-bond acceptors (Lipinski definition) is 6. The maximum atomic E-state index is 14.2. The largest absolute Gasteiger partial charge is 0.490 e. The molecule has 2 aromatic carbocycles. The van der Waals surface area contributed by atoms with Crippen LogP contribution in [0, 0.1) is 0 Å². The highest BCUT2D eigenvalue weighted by Crippen LogP contribution is 2.42. The number of carbonyl (C=O) groups excluding carboxylic acids is 1. The lowest BCUT2D eigenvalue weighted by molar-refractivity contribution is -0.181. The average Bonchev–Trinajstić information content (AvgIpc) is 3.29. The van der Waals surface area contributed by atoms with Crippen LogP contribution >= 0.6 is 0 Å². The Balaban J connectivity index is 1.96. The van der Waals surface area contributed by atoms with Crippen molar-refractivity contribution < 1.29 is 28.6 Å². The molecular weight excluding hydrogens is 510 g/mol. The van der Waals surface area contributed by atoms with Gasteiger partial charge < -0.3 is 24.3 Å². The first-order valence-electron chi connectivity index (χ1n) is 13.7. The zero-order valence-electron chi connectivity index (χ0n) is 24.7. The molecule has 0 saturated carbocycles. The standard InChI is InChI=1S/C31H45NO6Si/c1-29(2,3)37-28(35)31(38-39(7,8)30(4,5)6,21-36-25-12-10-9-11-13-25)26-19-18-24(32-26)20-22-14-16-23(17-15-22)27(33)34/h9-17,24,26,32H,18-21H2,1-8H3,(H,33,34)/t24-,26+,31+/m0/s1. The summed E-state index contributed by atoms with van der Waals surface area (Å²) in [6.07, 6.45) is 2.26. The summed E-state index contributed by atoms with van der Waals surface area (Å²) in [7, 11) is -2.47. The summed E-state index contributed by atoms with van der Waals surface area (Å²) in [5.41, 5.74) is -0.753. The summed E-state index contributed by atoms with van der Waals surface area (Å²) in [6.45, 7) is 16.4. The van der Waals surface area contributed by atoms with Gasteiger partial charge in [-0.25, -0.2) is 9.59 Å². The summed E-state index contributed by atoms with van der Waals surface area (Å²) in [5, 5.41) is 12.8. The van der Waals surface area contributed by atoms with E-state index in [1.54, 1.807) is 12.1 Å². The molecule has 0 aliphatic carbocycles. The quantitative estimate of drug-likeness (QED) is 0.265. The summed E-state index contributed by atoms with van der Waals surface area (Å²) >= 11 is 0. The summed E-state index contributed by atoms with van der Waals surface area (Å²) < 4.78 is 19.4. The molecule has 0 amide bonds. The van der Waals surface area contributed by atoms with Crippen LogP contribution in [-0.4, -0.2) is 55.3 Å². The second-order valence-electron chi connectivity index (χ2n) is 13.1. The molecule has 0 bridgehead atoms. The molecule has 214 valence electrons. The number of carboxylic acids is 1. The second kappa shape index (κ2) is 11.8. The van der Waals surface area contributed by atoms with Crippen molar-refractivity contribution in [3.63, 3.8) is 0 Å². The van der Waals surface area contributed by atoms with Gasteiger partial charge in [0.1, 0.15) is 18.0 Å². The molecule has 7 nitrogen and oxygen atoms in total. The van der Waals surface area contributed by atoms with E-state index in [2.05, 4.69) is 39.2 Å². The number of hydrogen-bond donors (Lipinski definition) is 2. The van der Waals surface area contributed by atoms with Crippen LogP contribution in [0.2, 0.25) is 18.1 Å². The number of carbonyl (C=O) groups is 2. The van der Waals surface area contributed by atoms with Gasteiger partial charge >= 0.3 is 11.9 Å². The maximum Gasteiger partial charge on any atom is 0.343 e. The minimum atomic E-state index is -2.47. The van der Waals surface area contributed by atoms with E-state index >= 15 is 0 Å². The number of para-hydroxylation sites is 1. The molecule has 39 heavy (non-hydrogen) atoms. The topological polar surface area (TPSA) is 94.1 Å². The Kier molecular flexibility index (Phi) is 9.35. The molecule has 8 heteroatoms. The van der Waals surface area contributed by atoms with Gasteiger partial charge in [0.2, 0.25) is 5.60 Å². The summed E-state index contributed by atoms with van der Waals surface area (Å²) in [5.74, 6) is -0.694. The van der Waals surface area contributed by atoms with Crippen LogP contribution in [0.25, 0.3) is 0 Å². The highest BCUT2D eigenvalue weighted by Gasteiger charge is 2.57. The number of esters is 1. The molecule has 3 atom stereocenters. The van der Waals surface area contributed by atoms with Crippen molar-refractivity contribution in [1.82, 2.24) is 5.32 Å². The molecule has 0 unspecified atom stereocenters. The van der Waals surface area contributed by atoms with Gasteiger partial charge in [-0.05, 0) is 88.0 Å². The third-order valence-corrected chi connectivity index (χ3v) is 12.2. The Morgan fingerprint density at radius 3 is 2.10 bits per heavy atom. The number of ether oxygens (including phenoxy) is 2. The molecule has 0 spiro atoms. The fourth-order valence-electron chi connectivity index (χ4n) is 4.54. The predicted molar refractivity (Wildman–Crippen MR) is 156 cm³/mol. The van der Waals surface area contributed by atoms with Crippen molar-refractivity contribution in [2.45, 2.75) is 102 Å². The molecule has 0 aromatic heterocycles. The molecule has 1 saturated heterocycles. The lowest BCUT2D eigenvalue weighted by Crippen LogP contribution is -2.66. The van der Waals surface area contributed by atoms with Crippen molar-refractivity contribution in [2.75, 3.05) is 6.61 Å². The van der Waals surface area contributed by atoms with Gasteiger partial charge in [-0.2, -0.15) is 0 Å². The van der Waals surface area contributed by atoms with Crippen LogP contribution < -0.4 is 10.1 Å². The Morgan fingerprint density at radius 1 is 0.949 bits per heavy atom. The van der Waals surface area contributed by atoms with E-state index in [9.17, 15) is 14.7 Å². The van der Waals surface area contributed by atoms with Gasteiger partial charge in [-0.1, -0.05) is 51.1 Å². The lowest BCUT2D eigenvalue weighted by atomic mass is 9.93. The van der Waals surface area contributed by atoms with Gasteiger partial charge in [-0.15, -0.1) is 0 Å². The van der Waals surface area contributed by atoms with Crippen molar-refractivity contribution in [3.8, 4) is 5.75 Å². The minimum absolute atomic E-state index is 0.0239. The number of benzene rings is 2. The number of carboxylic acid groups (broad SMARTS) is 1. The number of rotatable bonds is 10. The van der Waals surface area contributed by atoms with Crippen molar-refractivity contribution >= 4 is 20.3 Å². The van der Waals surface area contributed by atoms with Crippen molar-refractivity contribution in [3.05, 3.63) is 65.7 Å². The van der Waals surface area contributed by atoms with Crippen LogP contribution in [-0.2, 0) is 20.4 Å². The van der Waals surface area contributed by atoms with Crippen molar-refractivity contribution in [2.24, 2.45) is 0 Å². The van der Waals surface area contributed by atoms with Gasteiger partial charge in [0.15, 0.2) is 8.32 Å². The molecule has 0 radical (unpaired) electrons. The lowest BCUT2D eigenvalue weighted by Gasteiger charge is -2.47. The fraction of sp³-hybridized carbons (Fsp3) is 0.548. The van der Waals surface area contributed by atoms with Gasteiger partial charge in [0, 0.05) is 12.1 Å². The Labute approximate surface area is 234 Å². The molecule has 1 aliphatic rings. The summed E-state index contributed by atoms with van der Waals surface area (Å²) in [6, 6.07) is 16.2. The maximum absolute atomic E-state index is 14.2. The number of nitrogens with one attached hydrogen (secondary N) is 1. The van der Waals surface area contributed by atoms with E-state index in [0.29, 0.717) is 18.6 Å². The second-order valence-corrected chi connectivity index (χ2v) is 17.8. The van der Waals surface area contributed by atoms with Gasteiger partial charge in [0.05, 0.1) is 5.56 Å². The molecule has 1 fully saturated rings. The predicted octanol–water partition coefficient (Wildman–Crippen LogP) is 6.23. The average molecular weight is 556 g/mol. The number of aromatic carboxylic acids is 1. The Bertz CT molecular complexity index is 1120. The van der Waals surface area contributed by atoms with E-state index in [0.717, 1.165) is 12.0 Å².